The first-order valence-corrected chi connectivity index (χ1v) is 7.89. The third-order valence-electron chi connectivity index (χ3n) is 4.43. The SMILES string of the molecule is OC(F)(F)C1(C(F)(F)C(F)(F)C(F)(F)C(F)(F)F)OC(F)(F)C(F)(C(F)(F)C(F)(F)C(F)(F)C(F)(F)F)O1.[NaH]. The Kier molecular flexibility index (Phi) is 8.96. The van der Waals surface area contributed by atoms with Crippen molar-refractivity contribution in [2.45, 2.75) is 71.7 Å². The van der Waals surface area contributed by atoms with Crippen LogP contribution in [0.1, 0.15) is 0 Å². The van der Waals surface area contributed by atoms with Crippen LogP contribution in [-0.2, 0) is 9.47 Å². The molecule has 0 saturated carbocycles. The van der Waals surface area contributed by atoms with Gasteiger partial charge in [0, 0.05) is 0 Å². The Balaban J connectivity index is 0.0000144. The quantitative estimate of drug-likeness (QED) is 0.277. The van der Waals surface area contributed by atoms with Crippen molar-refractivity contribution in [3.05, 3.63) is 0 Å². The Morgan fingerprint density at radius 1 is 0.436 bits per heavy atom. The van der Waals surface area contributed by atoms with Crippen molar-refractivity contribution < 1.29 is 116 Å². The van der Waals surface area contributed by atoms with Gasteiger partial charge in [-0.25, -0.2) is 0 Å². The van der Waals surface area contributed by atoms with E-state index in [1.165, 1.54) is 4.74 Å². The van der Waals surface area contributed by atoms with Crippen LogP contribution < -0.4 is 0 Å². The van der Waals surface area contributed by atoms with Crippen LogP contribution in [0.3, 0.4) is 0 Å². The zero-order valence-corrected chi connectivity index (χ0v) is 16.0. The minimum atomic E-state index is -8.88. The molecular formula is C12H2F23NaO3. The van der Waals surface area contributed by atoms with Crippen molar-refractivity contribution in [3.8, 4) is 0 Å². The molecular weight excluding hydrogens is 652 g/mol. The molecule has 1 N–H and O–H groups in total. The first-order chi connectivity index (χ1) is 15.9. The molecule has 0 aliphatic carbocycles. The zero-order valence-electron chi connectivity index (χ0n) is 16.0. The number of hydrogen-bond donors (Lipinski definition) is 1. The third kappa shape index (κ3) is 4.52. The first-order valence-electron chi connectivity index (χ1n) is 7.89. The molecule has 230 valence electrons. The van der Waals surface area contributed by atoms with E-state index < -0.39 is 71.7 Å². The Hall–Kier alpha value is -0.730. The van der Waals surface area contributed by atoms with Crippen LogP contribution in [-0.4, -0.2) is 106 Å². The molecule has 0 bridgehead atoms. The third-order valence-corrected chi connectivity index (χ3v) is 4.43. The molecule has 0 aromatic carbocycles. The molecule has 39 heavy (non-hydrogen) atoms. The summed E-state index contributed by atoms with van der Waals surface area (Å²) in [7, 11) is 0. The summed E-state index contributed by atoms with van der Waals surface area (Å²) in [6.45, 7) is 0. The predicted octanol–water partition coefficient (Wildman–Crippen LogP) is 5.86. The first kappa shape index (κ1) is 38.3. The van der Waals surface area contributed by atoms with Crippen molar-refractivity contribution in [2.24, 2.45) is 0 Å². The van der Waals surface area contributed by atoms with E-state index in [4.69, 9.17) is 5.11 Å². The Morgan fingerprint density at radius 3 is 0.974 bits per heavy atom. The molecule has 1 fully saturated rings. The predicted molar refractivity (Wildman–Crippen MR) is 69.8 cm³/mol. The molecule has 0 spiro atoms. The number of ether oxygens (including phenoxy) is 2. The van der Waals surface area contributed by atoms with Gasteiger partial charge in [0.15, 0.2) is 0 Å². The summed E-state index contributed by atoms with van der Waals surface area (Å²) in [6.07, 6.45) is -32.1. The normalized spacial score (nSPS) is 26.5. The van der Waals surface area contributed by atoms with Crippen molar-refractivity contribution >= 4 is 29.6 Å². The van der Waals surface area contributed by atoms with Gasteiger partial charge in [-0.1, -0.05) is 0 Å². The van der Waals surface area contributed by atoms with Crippen LogP contribution in [0.25, 0.3) is 0 Å². The van der Waals surface area contributed by atoms with Gasteiger partial charge >= 0.3 is 101 Å². The molecule has 2 unspecified atom stereocenters. The van der Waals surface area contributed by atoms with Crippen molar-refractivity contribution in [1.82, 2.24) is 0 Å². The van der Waals surface area contributed by atoms with Crippen molar-refractivity contribution in [2.75, 3.05) is 0 Å². The van der Waals surface area contributed by atoms with Crippen LogP contribution in [0.2, 0.25) is 0 Å². The minimum absolute atomic E-state index is 0. The summed E-state index contributed by atoms with van der Waals surface area (Å²) in [6, 6.07) is 0. The second-order valence-corrected chi connectivity index (χ2v) is 6.92. The Bertz CT molecular complexity index is 917. The average Bonchev–Trinajstić information content (AvgIpc) is 2.87. The van der Waals surface area contributed by atoms with E-state index in [9.17, 15) is 101 Å². The molecule has 27 heteroatoms. The standard InChI is InChI=1S/C12HF23O3.Na.H/c13-1(14,5(21,22)9(26,27)28)3(17,18)7(25)12(34,35)38-8(37-7,11(32,33)36)4(19,20)2(15,16)6(23,24)10(29,30)31;;/h36H;;. The fraction of sp³-hybridized carbons (Fsp3) is 1.00. The topological polar surface area (TPSA) is 38.7 Å². The Labute approximate surface area is 217 Å². The van der Waals surface area contributed by atoms with E-state index in [-0.39, 0.29) is 29.6 Å². The molecule has 0 aromatic rings. The second kappa shape index (κ2) is 9.13. The number of aliphatic hydroxyl groups is 1. The monoisotopic (exact) mass is 654 g/mol. The van der Waals surface area contributed by atoms with E-state index >= 15 is 0 Å². The summed E-state index contributed by atoms with van der Waals surface area (Å²) in [5, 5.41) is 8.17. The maximum atomic E-state index is 14.3. The average molecular weight is 654 g/mol. The van der Waals surface area contributed by atoms with Gasteiger partial charge in [0.05, 0.1) is 0 Å². The van der Waals surface area contributed by atoms with Crippen LogP contribution >= 0.6 is 0 Å². The van der Waals surface area contributed by atoms with Crippen LogP contribution in [0.4, 0.5) is 101 Å². The van der Waals surface area contributed by atoms with E-state index in [2.05, 4.69) is 0 Å². The van der Waals surface area contributed by atoms with Crippen LogP contribution in [0, 0.1) is 0 Å². The molecule has 0 aromatic heterocycles. The van der Waals surface area contributed by atoms with Gasteiger partial charge in [0.25, 0.3) is 0 Å². The van der Waals surface area contributed by atoms with E-state index in [1.54, 1.807) is 4.74 Å². The molecule has 1 saturated heterocycles. The molecule has 3 nitrogen and oxygen atoms in total. The second-order valence-electron chi connectivity index (χ2n) is 6.92. The van der Waals surface area contributed by atoms with Crippen molar-refractivity contribution in [1.29, 1.82) is 0 Å². The molecule has 0 radical (unpaired) electrons. The zero-order chi connectivity index (χ0) is 31.4. The van der Waals surface area contributed by atoms with Gasteiger partial charge in [-0.2, -0.15) is 101 Å². The van der Waals surface area contributed by atoms with Gasteiger partial charge in [0.1, 0.15) is 0 Å². The van der Waals surface area contributed by atoms with E-state index in [1.807, 2.05) is 0 Å². The van der Waals surface area contributed by atoms with Crippen LogP contribution in [0.15, 0.2) is 0 Å². The van der Waals surface area contributed by atoms with Crippen molar-refractivity contribution in [3.63, 3.8) is 0 Å². The number of rotatable bonds is 7. The fourth-order valence-electron chi connectivity index (χ4n) is 2.37. The maximum absolute atomic E-state index is 14.3. The van der Waals surface area contributed by atoms with Crippen LogP contribution in [0.5, 0.6) is 0 Å². The van der Waals surface area contributed by atoms with Gasteiger partial charge in [-0.05, 0) is 0 Å². The molecule has 0 amide bonds. The number of alkyl halides is 23. The van der Waals surface area contributed by atoms with Gasteiger partial charge in [0.2, 0.25) is 0 Å². The fourth-order valence-corrected chi connectivity index (χ4v) is 2.37. The summed E-state index contributed by atoms with van der Waals surface area (Å²) >= 11 is 0. The Morgan fingerprint density at radius 2 is 0.718 bits per heavy atom. The number of halogens is 23. The number of hydrogen-bond acceptors (Lipinski definition) is 3. The summed E-state index contributed by atoms with van der Waals surface area (Å²) in [5.41, 5.74) is 0. The summed E-state index contributed by atoms with van der Waals surface area (Å²) in [4.78, 5) is 0. The summed E-state index contributed by atoms with van der Waals surface area (Å²) in [5.74, 6) is -68.9. The molecule has 1 rings (SSSR count). The molecule has 1 aliphatic rings. The van der Waals surface area contributed by atoms with Gasteiger partial charge < -0.3 is 5.11 Å². The molecule has 1 aliphatic heterocycles. The van der Waals surface area contributed by atoms with Gasteiger partial charge in [-0.15, -0.1) is 0 Å². The van der Waals surface area contributed by atoms with Gasteiger partial charge in [-0.3, -0.25) is 9.47 Å². The van der Waals surface area contributed by atoms with E-state index in [0.717, 1.165) is 0 Å². The molecule has 2 atom stereocenters. The summed E-state index contributed by atoms with van der Waals surface area (Å²) < 4.78 is 305. The molecule has 1 heterocycles. The van der Waals surface area contributed by atoms with E-state index in [0.29, 0.717) is 0 Å².